The van der Waals surface area contributed by atoms with Gasteiger partial charge in [-0.05, 0) is 0 Å². The van der Waals surface area contributed by atoms with Crippen LogP contribution in [0.4, 0.5) is 0 Å². The lowest BCUT2D eigenvalue weighted by atomic mass is 10.1. The van der Waals surface area contributed by atoms with Crippen LogP contribution >= 0.6 is 0 Å². The molecule has 0 aliphatic heterocycles. The van der Waals surface area contributed by atoms with E-state index in [1.807, 2.05) is 0 Å². The first-order valence-corrected chi connectivity index (χ1v) is 2.98. The summed E-state index contributed by atoms with van der Waals surface area (Å²) in [6.07, 6.45) is 4.85. The van der Waals surface area contributed by atoms with E-state index in [9.17, 15) is 19.2 Å². The Morgan fingerprint density at radius 3 is 1.25 bits per heavy atom. The topological polar surface area (TPSA) is 68.3 Å². The average molecular weight is 164 g/mol. The standard InChI is InChI=1S/C8H4O4/c9-3-1-7(5-11)8(6-12)2-4-10/h1-2H2. The van der Waals surface area contributed by atoms with Crippen molar-refractivity contribution >= 4 is 25.1 Å². The van der Waals surface area contributed by atoms with Gasteiger partial charge in [0.1, 0.15) is 0 Å². The van der Waals surface area contributed by atoms with Crippen molar-refractivity contribution in [3.05, 3.63) is 11.1 Å². The van der Waals surface area contributed by atoms with Crippen molar-refractivity contribution in [1.82, 2.24) is 0 Å². The lowest BCUT2D eigenvalue weighted by molar-refractivity contribution is 0.545. The van der Waals surface area contributed by atoms with Gasteiger partial charge in [0.05, 0.1) is 0 Å². The van der Waals surface area contributed by atoms with E-state index in [2.05, 4.69) is 0 Å². The monoisotopic (exact) mass is 164 g/mol. The number of hydrogen-bond acceptors (Lipinski definition) is 4. The van der Waals surface area contributed by atoms with Crippen LogP contribution in [0.25, 0.3) is 0 Å². The molecule has 0 heterocycles. The minimum Gasteiger partial charge on any atom is -0.291 e. The highest BCUT2D eigenvalue weighted by atomic mass is 16.1. The Morgan fingerprint density at radius 2 is 1.08 bits per heavy atom. The minimum absolute atomic E-state index is 0.191. The second-order valence-corrected chi connectivity index (χ2v) is 1.80. The summed E-state index contributed by atoms with van der Waals surface area (Å²) in [5.74, 6) is 0. The van der Waals surface area contributed by atoms with Crippen molar-refractivity contribution in [3.8, 4) is 0 Å². The Bertz CT molecular complexity index is 203. The number of allylic oxidation sites excluding steroid dienone is 2. The molecule has 0 N–H and O–H groups in total. The van der Waals surface area contributed by atoms with Crippen LogP contribution in [0.15, 0.2) is 11.1 Å². The Balaban J connectivity index is 4.70. The van der Waals surface area contributed by atoms with Crippen molar-refractivity contribution in [3.63, 3.8) is 0 Å². The minimum atomic E-state index is -0.351. The number of carbonyl (C=O) groups excluding carboxylic acids is 4. The zero-order valence-corrected chi connectivity index (χ0v) is 6.05. The van der Waals surface area contributed by atoms with Gasteiger partial charge in [0.2, 0.25) is 25.1 Å². The molecule has 4 heteroatoms. The first-order chi connectivity index (χ1) is 5.79. The molecule has 4 nitrogen and oxygen atoms in total. The summed E-state index contributed by atoms with van der Waals surface area (Å²) < 4.78 is 0. The van der Waals surface area contributed by atoms with Crippen LogP contribution in [0.2, 0.25) is 0 Å². The van der Waals surface area contributed by atoms with Crippen LogP contribution in [0, 0.1) is 0 Å². The van der Waals surface area contributed by atoms with Gasteiger partial charge >= 0.3 is 0 Å². The van der Waals surface area contributed by atoms with Crippen LogP contribution < -0.4 is 0 Å². The lowest BCUT2D eigenvalue weighted by Crippen LogP contribution is -1.97. The van der Waals surface area contributed by atoms with E-state index in [-0.39, 0.29) is 24.0 Å². The summed E-state index contributed by atoms with van der Waals surface area (Å²) in [6, 6.07) is 0. The number of rotatable bonds is 6. The van der Waals surface area contributed by atoms with Crippen molar-refractivity contribution in [1.29, 1.82) is 0 Å². The van der Waals surface area contributed by atoms with E-state index in [0.717, 1.165) is 0 Å². The van der Waals surface area contributed by atoms with Gasteiger partial charge in [0.25, 0.3) is 0 Å². The van der Waals surface area contributed by atoms with Gasteiger partial charge in [-0.25, -0.2) is 0 Å². The first-order valence-electron chi connectivity index (χ1n) is 2.98. The smallest absolute Gasteiger partial charge is 0.230 e. The quantitative estimate of drug-likeness (QED) is 0.496. The molecule has 0 fully saturated rings. The predicted molar refractivity (Wildman–Crippen MR) is 39.0 cm³/mol. The van der Waals surface area contributed by atoms with Gasteiger partial charge in [-0.1, -0.05) is 0 Å². The second kappa shape index (κ2) is 6.15. The molecule has 0 rings (SSSR count). The van der Waals surface area contributed by atoms with Gasteiger partial charge < -0.3 is 0 Å². The van der Waals surface area contributed by atoms with E-state index in [4.69, 9.17) is 0 Å². The van der Waals surface area contributed by atoms with Crippen molar-refractivity contribution in [2.75, 3.05) is 0 Å². The molecule has 0 aliphatic rings. The molecule has 60 valence electrons. The maximum Gasteiger partial charge on any atom is 0.230 e. The second-order valence-electron chi connectivity index (χ2n) is 1.80. The molecule has 0 saturated heterocycles. The predicted octanol–water partition coefficient (Wildman–Crippen LogP) is -0.498. The molecule has 0 bridgehead atoms. The fourth-order valence-corrected chi connectivity index (χ4v) is 0.553. The zero-order valence-electron chi connectivity index (χ0n) is 6.05. The fourth-order valence-electron chi connectivity index (χ4n) is 0.553. The van der Waals surface area contributed by atoms with Crippen LogP contribution in [0.5, 0.6) is 0 Å². The van der Waals surface area contributed by atoms with E-state index in [1.165, 1.54) is 25.1 Å². The maximum absolute atomic E-state index is 10.1. The van der Waals surface area contributed by atoms with Gasteiger partial charge in [0, 0.05) is 24.0 Å². The third-order valence-electron chi connectivity index (χ3n) is 1.11. The molecule has 4 radical (unpaired) electrons. The molecule has 12 heavy (non-hydrogen) atoms. The zero-order chi connectivity index (χ0) is 9.40. The SMILES string of the molecule is O=[C]CC([C]=O)=C([C]=O)C[C]=O. The van der Waals surface area contributed by atoms with Crippen LogP contribution in [-0.4, -0.2) is 25.1 Å². The molecule has 0 aromatic heterocycles. The van der Waals surface area contributed by atoms with Crippen molar-refractivity contribution in [2.24, 2.45) is 0 Å². The summed E-state index contributed by atoms with van der Waals surface area (Å²) in [7, 11) is 0. The molecular weight excluding hydrogens is 160 g/mol. The first kappa shape index (κ1) is 10.4. The molecule has 0 aliphatic carbocycles. The van der Waals surface area contributed by atoms with Crippen molar-refractivity contribution in [2.45, 2.75) is 12.8 Å². The van der Waals surface area contributed by atoms with Gasteiger partial charge in [-0.15, -0.1) is 0 Å². The Hall–Kier alpha value is -1.58. The molecule has 0 aromatic carbocycles. The molecule has 0 aromatic rings. The summed E-state index contributed by atoms with van der Waals surface area (Å²) in [4.78, 5) is 39.9. The molecule has 0 amide bonds. The van der Waals surface area contributed by atoms with E-state index in [0.29, 0.717) is 0 Å². The molecule has 0 unspecified atom stereocenters. The highest BCUT2D eigenvalue weighted by Gasteiger charge is 2.06. The third-order valence-corrected chi connectivity index (χ3v) is 1.11. The fraction of sp³-hybridized carbons (Fsp3) is 0.250. The highest BCUT2D eigenvalue weighted by molar-refractivity contribution is 5.92. The Morgan fingerprint density at radius 1 is 0.750 bits per heavy atom. The Kier molecular flexibility index (Phi) is 5.34. The summed E-state index contributed by atoms with van der Waals surface area (Å²) in [5, 5.41) is 0. The lowest BCUT2D eigenvalue weighted by Gasteiger charge is -1.93. The number of hydrogen-bond donors (Lipinski definition) is 0. The normalized spacial score (nSPS) is 11.3. The average Bonchev–Trinajstić information content (AvgIpc) is 2.11. The van der Waals surface area contributed by atoms with E-state index in [1.54, 1.807) is 0 Å². The van der Waals surface area contributed by atoms with Crippen LogP contribution in [0.1, 0.15) is 12.8 Å². The van der Waals surface area contributed by atoms with E-state index >= 15 is 0 Å². The van der Waals surface area contributed by atoms with Crippen LogP contribution in [0.3, 0.4) is 0 Å². The highest BCUT2D eigenvalue weighted by Crippen LogP contribution is 2.05. The molecular formula is C8H4O4. The van der Waals surface area contributed by atoms with E-state index < -0.39 is 0 Å². The van der Waals surface area contributed by atoms with Gasteiger partial charge in [-0.2, -0.15) is 0 Å². The summed E-state index contributed by atoms with van der Waals surface area (Å²) in [6.45, 7) is 0. The van der Waals surface area contributed by atoms with Gasteiger partial charge in [-0.3, -0.25) is 19.2 Å². The molecule has 0 saturated carbocycles. The molecule has 0 atom stereocenters. The molecule has 0 spiro atoms. The summed E-state index contributed by atoms with van der Waals surface area (Å²) in [5.41, 5.74) is -0.383. The summed E-state index contributed by atoms with van der Waals surface area (Å²) >= 11 is 0. The van der Waals surface area contributed by atoms with Crippen LogP contribution in [-0.2, 0) is 19.2 Å². The Labute approximate surface area is 69.3 Å². The third kappa shape index (κ3) is 3.01. The van der Waals surface area contributed by atoms with Gasteiger partial charge in [0.15, 0.2) is 0 Å². The van der Waals surface area contributed by atoms with Crippen molar-refractivity contribution < 1.29 is 19.2 Å². The largest absolute Gasteiger partial charge is 0.291 e. The maximum atomic E-state index is 10.1.